The number of halogens is 2. The predicted molar refractivity (Wildman–Crippen MR) is 152 cm³/mol. The van der Waals surface area contributed by atoms with Gasteiger partial charge in [0.25, 0.3) is 0 Å². The van der Waals surface area contributed by atoms with Gasteiger partial charge >= 0.3 is 12.6 Å². The molecule has 1 saturated heterocycles. The number of morpholine rings is 1. The molecule has 6 rings (SSSR count). The highest BCUT2D eigenvalue weighted by Crippen LogP contribution is 2.31. The van der Waals surface area contributed by atoms with Crippen molar-refractivity contribution in [3.8, 4) is 5.69 Å². The Kier molecular flexibility index (Phi) is 7.49. The summed E-state index contributed by atoms with van der Waals surface area (Å²) < 4.78 is 39.5. The summed E-state index contributed by atoms with van der Waals surface area (Å²) in [7, 11) is 0. The van der Waals surface area contributed by atoms with Crippen molar-refractivity contribution in [1.29, 1.82) is 0 Å². The summed E-state index contributed by atoms with van der Waals surface area (Å²) in [5.74, 6) is 0.976. The molecule has 0 aromatic carbocycles. The van der Waals surface area contributed by atoms with Crippen LogP contribution in [0.2, 0.25) is 0 Å². The molecule has 16 heteroatoms. The highest BCUT2D eigenvalue weighted by atomic mass is 32.1. The first-order valence-electron chi connectivity index (χ1n) is 13.4. The SMILES string of the molecule is CC(C)(C)OC(=O)N1C=C(c2cnc(CNc3nc(N4CCOCC4)nc4c3ncn4-c3cnn(C(F)F)c3)s2)CC1. The third kappa shape index (κ3) is 5.90. The van der Waals surface area contributed by atoms with Gasteiger partial charge in [-0.2, -0.15) is 23.8 Å². The van der Waals surface area contributed by atoms with Gasteiger partial charge in [-0.05, 0) is 32.8 Å². The van der Waals surface area contributed by atoms with Crippen molar-refractivity contribution in [2.75, 3.05) is 43.1 Å². The number of nitrogens with one attached hydrogen (secondary N) is 1. The molecule has 1 fully saturated rings. The number of anilines is 2. The maximum Gasteiger partial charge on any atom is 0.414 e. The fourth-order valence-corrected chi connectivity index (χ4v) is 5.47. The average Bonchev–Trinajstić information content (AvgIpc) is 3.76. The second-order valence-electron chi connectivity index (χ2n) is 10.8. The monoisotopic (exact) mass is 600 g/mol. The number of aromatic nitrogens is 7. The van der Waals surface area contributed by atoms with E-state index in [2.05, 4.69) is 20.4 Å². The third-order valence-electron chi connectivity index (χ3n) is 6.58. The first-order chi connectivity index (χ1) is 20.1. The fraction of sp³-hybridized carbons (Fsp3) is 0.462. The number of carbonyl (C=O) groups excluding carboxylic acids is 1. The van der Waals surface area contributed by atoms with Crippen molar-refractivity contribution in [2.45, 2.75) is 45.9 Å². The van der Waals surface area contributed by atoms with Gasteiger partial charge in [-0.25, -0.2) is 19.4 Å². The Labute approximate surface area is 243 Å². The molecule has 0 aliphatic carbocycles. The van der Waals surface area contributed by atoms with E-state index in [1.807, 2.05) is 31.9 Å². The molecule has 13 nitrogen and oxygen atoms in total. The van der Waals surface area contributed by atoms with Crippen LogP contribution >= 0.6 is 11.3 Å². The molecule has 2 aliphatic heterocycles. The van der Waals surface area contributed by atoms with Crippen molar-refractivity contribution in [3.05, 3.63) is 41.0 Å². The molecule has 0 unspecified atom stereocenters. The van der Waals surface area contributed by atoms with E-state index in [1.54, 1.807) is 15.7 Å². The minimum absolute atomic E-state index is 0.367. The predicted octanol–water partition coefficient (Wildman–Crippen LogP) is 4.29. The number of carbonyl (C=O) groups is 1. The number of ether oxygens (including phenoxy) is 2. The Morgan fingerprint density at radius 2 is 1.98 bits per heavy atom. The third-order valence-corrected chi connectivity index (χ3v) is 7.66. The highest BCUT2D eigenvalue weighted by molar-refractivity contribution is 7.12. The summed E-state index contributed by atoms with van der Waals surface area (Å²) in [5.41, 5.74) is 1.81. The first-order valence-corrected chi connectivity index (χ1v) is 14.3. The minimum atomic E-state index is -2.76. The molecule has 6 heterocycles. The van der Waals surface area contributed by atoms with Gasteiger partial charge in [-0.1, -0.05) is 0 Å². The zero-order valence-electron chi connectivity index (χ0n) is 23.3. The van der Waals surface area contributed by atoms with Crippen molar-refractivity contribution >= 4 is 45.9 Å². The fourth-order valence-electron chi connectivity index (χ4n) is 4.57. The van der Waals surface area contributed by atoms with E-state index in [-0.39, 0.29) is 6.09 Å². The summed E-state index contributed by atoms with van der Waals surface area (Å²) in [6, 6.07) is 0. The van der Waals surface area contributed by atoms with Crippen LogP contribution in [0.25, 0.3) is 22.4 Å². The molecule has 0 spiro atoms. The van der Waals surface area contributed by atoms with Gasteiger partial charge in [0.1, 0.15) is 16.9 Å². The Morgan fingerprint density at radius 1 is 1.17 bits per heavy atom. The number of fused-ring (bicyclic) bond motifs is 1. The molecule has 4 aromatic heterocycles. The van der Waals surface area contributed by atoms with Gasteiger partial charge in [0.15, 0.2) is 17.0 Å². The molecule has 0 saturated carbocycles. The summed E-state index contributed by atoms with van der Waals surface area (Å²) >= 11 is 1.52. The molecular formula is C26H30F2N10O3S. The summed E-state index contributed by atoms with van der Waals surface area (Å²) in [4.78, 5) is 35.6. The second-order valence-corrected chi connectivity index (χ2v) is 11.9. The Balaban J connectivity index is 1.24. The van der Waals surface area contributed by atoms with Crippen LogP contribution in [-0.4, -0.2) is 83.7 Å². The smallest absolute Gasteiger partial charge is 0.414 e. The topological polar surface area (TPSA) is 128 Å². The lowest BCUT2D eigenvalue weighted by atomic mass is 10.2. The van der Waals surface area contributed by atoms with Gasteiger partial charge in [0.2, 0.25) is 5.95 Å². The molecule has 0 atom stereocenters. The lowest BCUT2D eigenvalue weighted by molar-refractivity contribution is 0.0349. The minimum Gasteiger partial charge on any atom is -0.443 e. The quantitative estimate of drug-likeness (QED) is 0.328. The second kappa shape index (κ2) is 11.2. The molecule has 2 aliphatic rings. The van der Waals surface area contributed by atoms with Crippen LogP contribution in [0.3, 0.4) is 0 Å². The maximum atomic E-state index is 13.2. The number of imidazole rings is 1. The molecular weight excluding hydrogens is 570 g/mol. The van der Waals surface area contributed by atoms with E-state index in [9.17, 15) is 13.6 Å². The van der Waals surface area contributed by atoms with Gasteiger partial charge in [-0.3, -0.25) is 9.47 Å². The van der Waals surface area contributed by atoms with E-state index in [0.717, 1.165) is 15.5 Å². The van der Waals surface area contributed by atoms with Crippen LogP contribution in [-0.2, 0) is 16.0 Å². The van der Waals surface area contributed by atoms with E-state index in [4.69, 9.17) is 19.4 Å². The Morgan fingerprint density at radius 3 is 2.71 bits per heavy atom. The van der Waals surface area contributed by atoms with Crippen LogP contribution in [0.15, 0.2) is 31.1 Å². The normalized spacial score (nSPS) is 16.0. The number of nitrogens with zero attached hydrogens (tertiary/aromatic N) is 9. The largest absolute Gasteiger partial charge is 0.443 e. The van der Waals surface area contributed by atoms with Crippen molar-refractivity contribution in [3.63, 3.8) is 0 Å². The zero-order chi connectivity index (χ0) is 29.4. The van der Waals surface area contributed by atoms with E-state index in [1.165, 1.54) is 30.1 Å². The lowest BCUT2D eigenvalue weighted by Crippen LogP contribution is -2.37. The van der Waals surface area contributed by atoms with Crippen molar-refractivity contribution in [1.82, 2.24) is 39.2 Å². The van der Waals surface area contributed by atoms with E-state index < -0.39 is 12.2 Å². The van der Waals surface area contributed by atoms with E-state index in [0.29, 0.717) is 79.1 Å². The van der Waals surface area contributed by atoms with Crippen LogP contribution < -0.4 is 10.2 Å². The number of thiazole rings is 1. The molecule has 0 bridgehead atoms. The van der Waals surface area contributed by atoms with E-state index >= 15 is 0 Å². The van der Waals surface area contributed by atoms with Gasteiger partial charge in [0, 0.05) is 32.0 Å². The average molecular weight is 601 g/mol. The number of hydrogen-bond donors (Lipinski definition) is 1. The standard InChI is InChI=1S/C26H30F2N10O3S/c1-26(2,3)41-25(39)36-5-4-16(13-36)18-11-29-19(42-18)12-30-21-20-22(34-24(33-21)35-6-8-40-9-7-35)37(15-31-20)17-10-32-38(14-17)23(27)28/h10-11,13-15,23H,4-9,12H2,1-3H3,(H,30,33,34). The molecule has 4 aromatic rings. The first kappa shape index (κ1) is 28.0. The summed E-state index contributed by atoms with van der Waals surface area (Å²) in [5, 5.41) is 7.91. The molecule has 1 N–H and O–H groups in total. The zero-order valence-corrected chi connectivity index (χ0v) is 24.1. The van der Waals surface area contributed by atoms with Crippen molar-refractivity contribution in [2.24, 2.45) is 0 Å². The number of amides is 1. The van der Waals surface area contributed by atoms with Crippen LogP contribution in [0, 0.1) is 0 Å². The number of alkyl halides is 2. The van der Waals surface area contributed by atoms with Crippen LogP contribution in [0.1, 0.15) is 43.6 Å². The molecule has 1 amide bonds. The van der Waals surface area contributed by atoms with Gasteiger partial charge in [0.05, 0.1) is 42.7 Å². The summed E-state index contributed by atoms with van der Waals surface area (Å²) in [6.07, 6.45) is 8.08. The summed E-state index contributed by atoms with van der Waals surface area (Å²) in [6.45, 7) is 6.03. The molecule has 222 valence electrons. The highest BCUT2D eigenvalue weighted by Gasteiger charge is 2.26. The van der Waals surface area contributed by atoms with Gasteiger partial charge < -0.3 is 19.7 Å². The van der Waals surface area contributed by atoms with Crippen LogP contribution in [0.4, 0.5) is 25.3 Å². The number of hydrogen-bond acceptors (Lipinski definition) is 11. The van der Waals surface area contributed by atoms with Crippen molar-refractivity contribution < 1.29 is 23.0 Å². The molecule has 0 radical (unpaired) electrons. The number of rotatable bonds is 7. The lowest BCUT2D eigenvalue weighted by Gasteiger charge is -2.27. The maximum absolute atomic E-state index is 13.2. The Hall–Kier alpha value is -4.18. The van der Waals surface area contributed by atoms with Crippen LogP contribution in [0.5, 0.6) is 0 Å². The van der Waals surface area contributed by atoms with Gasteiger partial charge in [-0.15, -0.1) is 11.3 Å². The molecule has 42 heavy (non-hydrogen) atoms. The Bertz CT molecular complexity index is 1620.